The second-order valence-corrected chi connectivity index (χ2v) is 7.72. The summed E-state index contributed by atoms with van der Waals surface area (Å²) in [4.78, 5) is 0. The highest BCUT2D eigenvalue weighted by molar-refractivity contribution is 7.94. The summed E-state index contributed by atoms with van der Waals surface area (Å²) in [7, 11) is -1.81. The van der Waals surface area contributed by atoms with Crippen molar-refractivity contribution in [1.29, 1.82) is 0 Å². The van der Waals surface area contributed by atoms with Crippen molar-refractivity contribution >= 4 is 27.3 Å². The van der Waals surface area contributed by atoms with Crippen molar-refractivity contribution in [2.24, 2.45) is 0 Å². The molecule has 0 spiro atoms. The van der Waals surface area contributed by atoms with Gasteiger partial charge in [-0.15, -0.1) is 0 Å². The maximum atomic E-state index is 12.1. The molecule has 0 N–H and O–H groups in total. The third-order valence-electron chi connectivity index (χ3n) is 2.32. The molecule has 0 unspecified atom stereocenters. The lowest BCUT2D eigenvalue weighted by Gasteiger charge is -2.28. The Balaban J connectivity index is 3.13. The highest BCUT2D eigenvalue weighted by atomic mass is 35.5. The number of benzene rings is 1. The van der Waals surface area contributed by atoms with Gasteiger partial charge in [0.2, 0.25) is 10.0 Å². The van der Waals surface area contributed by atoms with Gasteiger partial charge in [-0.2, -0.15) is 0 Å². The molecule has 1 aromatic rings. The Kier molecular flexibility index (Phi) is 3.55. The van der Waals surface area contributed by atoms with Crippen molar-refractivity contribution in [2.75, 3.05) is 11.4 Å². The van der Waals surface area contributed by atoms with Gasteiger partial charge in [-0.1, -0.05) is 11.6 Å². The molecule has 0 aromatic heterocycles. The number of nitrogens with zero attached hydrogens (tertiary/aromatic N) is 1. The normalized spacial score (nSPS) is 12.6. The van der Waals surface area contributed by atoms with Crippen LogP contribution in [0.1, 0.15) is 20.8 Å². The van der Waals surface area contributed by atoms with Crippen molar-refractivity contribution < 1.29 is 8.42 Å². The molecule has 0 radical (unpaired) electrons. The first kappa shape index (κ1) is 13.3. The highest BCUT2D eigenvalue weighted by Gasteiger charge is 2.33. The number of halogens is 1. The largest absolute Gasteiger partial charge is 0.273 e. The fourth-order valence-corrected chi connectivity index (χ4v) is 2.55. The Morgan fingerprint density at radius 1 is 1.12 bits per heavy atom. The fraction of sp³-hybridized carbons (Fsp3) is 0.455. The predicted octanol–water partition coefficient (Wildman–Crippen LogP) is 2.90. The molecule has 1 rings (SSSR count). The number of sulfonamides is 1. The molecule has 3 nitrogen and oxygen atoms in total. The van der Waals surface area contributed by atoms with Crippen molar-refractivity contribution in [3.8, 4) is 0 Å². The molecule has 0 bridgehead atoms. The molecule has 0 heterocycles. The van der Waals surface area contributed by atoms with Gasteiger partial charge in [0.05, 0.1) is 10.4 Å². The van der Waals surface area contributed by atoms with Crippen LogP contribution in [0.3, 0.4) is 0 Å². The van der Waals surface area contributed by atoms with E-state index in [4.69, 9.17) is 11.6 Å². The minimum absolute atomic E-state index is 0.588. The van der Waals surface area contributed by atoms with E-state index in [1.165, 1.54) is 4.31 Å². The number of anilines is 1. The summed E-state index contributed by atoms with van der Waals surface area (Å²) in [6.07, 6.45) is 0. The minimum Gasteiger partial charge on any atom is -0.273 e. The molecule has 0 saturated carbocycles. The van der Waals surface area contributed by atoms with Crippen molar-refractivity contribution in [3.63, 3.8) is 0 Å². The molecule has 0 fully saturated rings. The van der Waals surface area contributed by atoms with Crippen LogP contribution in [0.15, 0.2) is 24.3 Å². The first-order valence-corrected chi connectivity index (χ1v) is 6.72. The van der Waals surface area contributed by atoms with Crippen LogP contribution in [0.25, 0.3) is 0 Å². The molecule has 90 valence electrons. The Labute approximate surface area is 102 Å². The van der Waals surface area contributed by atoms with Gasteiger partial charge in [-0.25, -0.2) is 8.42 Å². The summed E-state index contributed by atoms with van der Waals surface area (Å²) < 4.78 is 24.7. The topological polar surface area (TPSA) is 37.4 Å². The molecule has 0 aliphatic heterocycles. The van der Waals surface area contributed by atoms with Crippen molar-refractivity contribution in [1.82, 2.24) is 0 Å². The fourth-order valence-electron chi connectivity index (χ4n) is 1.20. The Hall–Kier alpha value is -0.740. The molecule has 5 heteroatoms. The van der Waals surface area contributed by atoms with Gasteiger partial charge in [0.15, 0.2) is 0 Å². The van der Waals surface area contributed by atoms with Crippen LogP contribution >= 0.6 is 11.6 Å². The summed E-state index contributed by atoms with van der Waals surface area (Å²) in [6.45, 7) is 5.03. The van der Waals surface area contributed by atoms with Crippen molar-refractivity contribution in [3.05, 3.63) is 29.3 Å². The maximum Gasteiger partial charge on any atom is 0.239 e. The minimum atomic E-state index is -3.35. The number of hydrogen-bond donors (Lipinski definition) is 0. The van der Waals surface area contributed by atoms with Gasteiger partial charge >= 0.3 is 0 Å². The Morgan fingerprint density at radius 3 is 1.94 bits per heavy atom. The van der Waals surface area contributed by atoms with E-state index in [0.717, 1.165) is 0 Å². The molecular formula is C11H16ClNO2S. The Bertz CT molecular complexity index is 460. The smallest absolute Gasteiger partial charge is 0.239 e. The SMILES string of the molecule is CN(c1ccc(Cl)cc1)S(=O)(=O)C(C)(C)C. The van der Waals surface area contributed by atoms with Gasteiger partial charge < -0.3 is 0 Å². The molecule has 0 aliphatic carbocycles. The molecule has 0 aliphatic rings. The molecule has 0 saturated heterocycles. The zero-order valence-electron chi connectivity index (χ0n) is 9.86. The van der Waals surface area contributed by atoms with E-state index >= 15 is 0 Å². The summed E-state index contributed by atoms with van der Waals surface area (Å²) in [5, 5.41) is 0.588. The van der Waals surface area contributed by atoms with Crippen LogP contribution < -0.4 is 4.31 Å². The standard InChI is InChI=1S/C11H16ClNO2S/c1-11(2,3)16(14,15)13(4)10-7-5-9(12)6-8-10/h5-8H,1-4H3. The van der Waals surface area contributed by atoms with Gasteiger partial charge in [0.25, 0.3) is 0 Å². The summed E-state index contributed by atoms with van der Waals surface area (Å²) in [5.41, 5.74) is 0.610. The first-order chi connectivity index (χ1) is 7.16. The number of hydrogen-bond acceptors (Lipinski definition) is 2. The van der Waals surface area contributed by atoms with Gasteiger partial charge in [-0.05, 0) is 45.0 Å². The Morgan fingerprint density at radius 2 is 1.56 bits per heavy atom. The van der Waals surface area contributed by atoms with E-state index in [1.807, 2.05) is 0 Å². The third kappa shape index (κ3) is 2.50. The zero-order chi connectivity index (χ0) is 12.6. The average Bonchev–Trinajstić information content (AvgIpc) is 2.16. The zero-order valence-corrected chi connectivity index (χ0v) is 11.4. The lowest BCUT2D eigenvalue weighted by molar-refractivity contribution is 0.558. The van der Waals surface area contributed by atoms with E-state index in [0.29, 0.717) is 10.7 Å². The molecular weight excluding hydrogens is 246 g/mol. The van der Waals surface area contributed by atoms with Crippen LogP contribution in [0.4, 0.5) is 5.69 Å². The van der Waals surface area contributed by atoms with Crippen LogP contribution in [-0.2, 0) is 10.0 Å². The van der Waals surface area contributed by atoms with E-state index in [1.54, 1.807) is 52.1 Å². The summed E-state index contributed by atoms with van der Waals surface area (Å²) >= 11 is 5.75. The van der Waals surface area contributed by atoms with Crippen LogP contribution in [0.5, 0.6) is 0 Å². The lowest BCUT2D eigenvalue weighted by Crippen LogP contribution is -2.40. The van der Waals surface area contributed by atoms with Crippen LogP contribution in [-0.4, -0.2) is 20.2 Å². The average molecular weight is 262 g/mol. The van der Waals surface area contributed by atoms with Crippen molar-refractivity contribution in [2.45, 2.75) is 25.5 Å². The molecule has 0 amide bonds. The van der Waals surface area contributed by atoms with Gasteiger partial charge in [0, 0.05) is 12.1 Å². The predicted molar refractivity (Wildman–Crippen MR) is 68.5 cm³/mol. The second-order valence-electron chi connectivity index (χ2n) is 4.56. The highest BCUT2D eigenvalue weighted by Crippen LogP contribution is 2.25. The summed E-state index contributed by atoms with van der Waals surface area (Å²) in [6, 6.07) is 6.72. The first-order valence-electron chi connectivity index (χ1n) is 4.90. The monoisotopic (exact) mass is 261 g/mol. The van der Waals surface area contributed by atoms with E-state index in [9.17, 15) is 8.42 Å². The molecule has 16 heavy (non-hydrogen) atoms. The maximum absolute atomic E-state index is 12.1. The van der Waals surface area contributed by atoms with E-state index in [2.05, 4.69) is 0 Å². The number of rotatable bonds is 2. The summed E-state index contributed by atoms with van der Waals surface area (Å²) in [5.74, 6) is 0. The van der Waals surface area contributed by atoms with Crippen LogP contribution in [0.2, 0.25) is 5.02 Å². The lowest BCUT2D eigenvalue weighted by atomic mass is 10.3. The van der Waals surface area contributed by atoms with Crippen LogP contribution in [0, 0.1) is 0 Å². The van der Waals surface area contributed by atoms with Gasteiger partial charge in [-0.3, -0.25) is 4.31 Å². The molecule has 0 atom stereocenters. The van der Waals surface area contributed by atoms with Gasteiger partial charge in [0.1, 0.15) is 0 Å². The third-order valence-corrected chi connectivity index (χ3v) is 5.06. The van der Waals surface area contributed by atoms with E-state index < -0.39 is 14.8 Å². The quantitative estimate of drug-likeness (QED) is 0.821. The second kappa shape index (κ2) is 4.26. The van der Waals surface area contributed by atoms with E-state index in [-0.39, 0.29) is 0 Å². The molecule has 1 aromatic carbocycles.